The van der Waals surface area contributed by atoms with Crippen molar-refractivity contribution in [2.24, 2.45) is 0 Å². The van der Waals surface area contributed by atoms with Crippen molar-refractivity contribution in [2.75, 3.05) is 4.90 Å². The van der Waals surface area contributed by atoms with E-state index in [4.69, 9.17) is 4.98 Å². The molecule has 5 aromatic rings. The van der Waals surface area contributed by atoms with Gasteiger partial charge >= 0.3 is 0 Å². The normalized spacial score (nSPS) is 11.3. The van der Waals surface area contributed by atoms with Gasteiger partial charge in [0.25, 0.3) is 0 Å². The van der Waals surface area contributed by atoms with Crippen molar-refractivity contribution < 1.29 is 4.79 Å². The van der Waals surface area contributed by atoms with Gasteiger partial charge in [0.1, 0.15) is 0 Å². The van der Waals surface area contributed by atoms with Crippen LogP contribution in [0.1, 0.15) is 18.2 Å². The molecule has 2 aromatic carbocycles. The lowest BCUT2D eigenvalue weighted by atomic mass is 10.1. The van der Waals surface area contributed by atoms with Crippen LogP contribution < -0.4 is 4.90 Å². The van der Waals surface area contributed by atoms with Crippen molar-refractivity contribution in [1.82, 2.24) is 19.6 Å². The lowest BCUT2D eigenvalue weighted by Crippen LogP contribution is -2.22. The highest BCUT2D eigenvalue weighted by Gasteiger charge is 2.18. The van der Waals surface area contributed by atoms with Crippen molar-refractivity contribution >= 4 is 56.4 Å². The number of thioether (sulfide) groups is 1. The first-order valence-electron chi connectivity index (χ1n) is 9.78. The van der Waals surface area contributed by atoms with Crippen molar-refractivity contribution in [1.29, 1.82) is 0 Å². The third kappa shape index (κ3) is 3.68. The minimum absolute atomic E-state index is 0.0648. The molecule has 0 saturated heterocycles. The maximum Gasteiger partial charge on any atom is 0.230 e. The van der Waals surface area contributed by atoms with E-state index >= 15 is 0 Å². The molecule has 3 aromatic heterocycles. The Hall–Kier alpha value is -3.23. The standard InChI is InChI=1S/C23H19N5OS2/c1-15-12-21-25-26-23(28(21)20-11-7-6-10-19(15)20)31-14-17-13-30-22(24-17)27(16(2)29)18-8-4-3-5-9-18/h3-13H,14H2,1-2H3. The van der Waals surface area contributed by atoms with Crippen LogP contribution in [0.25, 0.3) is 16.6 Å². The predicted octanol–water partition coefficient (Wildman–Crippen LogP) is 5.62. The van der Waals surface area contributed by atoms with Gasteiger partial charge in [-0.3, -0.25) is 14.1 Å². The van der Waals surface area contributed by atoms with E-state index in [0.29, 0.717) is 10.9 Å². The van der Waals surface area contributed by atoms with E-state index < -0.39 is 0 Å². The summed E-state index contributed by atoms with van der Waals surface area (Å²) in [7, 11) is 0. The SMILES string of the molecule is CC(=O)N(c1ccccc1)c1nc(CSc2nnc3cc(C)c4ccccc4n23)cs1. The number of carbonyl (C=O) groups excluding carboxylic acids is 1. The Kier molecular flexibility index (Phi) is 5.17. The lowest BCUT2D eigenvalue weighted by Gasteiger charge is -2.17. The Bertz CT molecular complexity index is 1390. The first-order chi connectivity index (χ1) is 15.1. The van der Waals surface area contributed by atoms with Gasteiger partial charge < -0.3 is 0 Å². The van der Waals surface area contributed by atoms with Crippen LogP contribution in [0, 0.1) is 6.92 Å². The summed E-state index contributed by atoms with van der Waals surface area (Å²) in [6.45, 7) is 3.65. The molecular formula is C23H19N5OS2. The van der Waals surface area contributed by atoms with Gasteiger partial charge in [0, 0.05) is 23.4 Å². The molecule has 1 amide bonds. The molecule has 154 valence electrons. The predicted molar refractivity (Wildman–Crippen MR) is 126 cm³/mol. The number of pyridine rings is 1. The van der Waals surface area contributed by atoms with Gasteiger partial charge in [0.2, 0.25) is 5.91 Å². The van der Waals surface area contributed by atoms with Crippen LogP contribution in [-0.4, -0.2) is 25.5 Å². The highest BCUT2D eigenvalue weighted by molar-refractivity contribution is 7.98. The smallest absolute Gasteiger partial charge is 0.230 e. The average Bonchev–Trinajstić information content (AvgIpc) is 3.40. The molecule has 31 heavy (non-hydrogen) atoms. The molecule has 0 aliphatic carbocycles. The summed E-state index contributed by atoms with van der Waals surface area (Å²) in [6.07, 6.45) is 0. The number of aromatic nitrogens is 4. The number of para-hydroxylation sites is 2. The first-order valence-corrected chi connectivity index (χ1v) is 11.6. The van der Waals surface area contributed by atoms with Gasteiger partial charge in [-0.05, 0) is 36.8 Å². The zero-order valence-corrected chi connectivity index (χ0v) is 18.7. The summed E-state index contributed by atoms with van der Waals surface area (Å²) in [5.74, 6) is 0.574. The molecule has 0 aliphatic heterocycles. The summed E-state index contributed by atoms with van der Waals surface area (Å²) in [5, 5.41) is 13.4. The minimum Gasteiger partial charge on any atom is -0.274 e. The zero-order chi connectivity index (χ0) is 21.4. The van der Waals surface area contributed by atoms with Crippen LogP contribution in [0.15, 0.2) is 71.2 Å². The number of fused-ring (bicyclic) bond motifs is 3. The third-order valence-electron chi connectivity index (χ3n) is 4.98. The van der Waals surface area contributed by atoms with Gasteiger partial charge in [0.15, 0.2) is 15.9 Å². The van der Waals surface area contributed by atoms with Gasteiger partial charge in [0.05, 0.1) is 16.9 Å². The highest BCUT2D eigenvalue weighted by Crippen LogP contribution is 2.32. The van der Waals surface area contributed by atoms with E-state index in [9.17, 15) is 4.79 Å². The average molecular weight is 446 g/mol. The molecule has 0 spiro atoms. The van der Waals surface area contributed by atoms with Crippen LogP contribution in [0.4, 0.5) is 10.8 Å². The number of thiazole rings is 1. The molecule has 0 aliphatic rings. The van der Waals surface area contributed by atoms with Crippen LogP contribution in [-0.2, 0) is 10.5 Å². The summed E-state index contributed by atoms with van der Waals surface area (Å²) < 4.78 is 2.09. The van der Waals surface area contributed by atoms with Crippen molar-refractivity contribution in [3.8, 4) is 0 Å². The number of benzene rings is 2. The molecule has 0 N–H and O–H groups in total. The molecule has 0 atom stereocenters. The number of aryl methyl sites for hydroxylation is 1. The molecule has 0 bridgehead atoms. The Labute approximate surface area is 187 Å². The fourth-order valence-electron chi connectivity index (χ4n) is 3.58. The number of nitrogens with zero attached hydrogens (tertiary/aromatic N) is 5. The van der Waals surface area contributed by atoms with Crippen LogP contribution >= 0.6 is 23.1 Å². The molecule has 5 rings (SSSR count). The van der Waals surface area contributed by atoms with Crippen LogP contribution in [0.3, 0.4) is 0 Å². The fraction of sp³-hybridized carbons (Fsp3) is 0.130. The molecule has 0 fully saturated rings. The fourth-order valence-corrected chi connectivity index (χ4v) is 5.41. The van der Waals surface area contributed by atoms with Gasteiger partial charge in [-0.2, -0.15) is 0 Å². The van der Waals surface area contributed by atoms with E-state index in [1.807, 2.05) is 47.8 Å². The van der Waals surface area contributed by atoms with Crippen LogP contribution in [0.2, 0.25) is 0 Å². The van der Waals surface area contributed by atoms with Crippen molar-refractivity contribution in [3.05, 3.63) is 77.3 Å². The number of hydrogen-bond donors (Lipinski definition) is 0. The number of amides is 1. The maximum atomic E-state index is 12.3. The number of carbonyl (C=O) groups is 1. The molecule has 0 radical (unpaired) electrons. The monoisotopic (exact) mass is 445 g/mol. The Morgan fingerprint density at radius 1 is 1.10 bits per heavy atom. The van der Waals surface area contributed by atoms with Crippen molar-refractivity contribution in [3.63, 3.8) is 0 Å². The van der Waals surface area contributed by atoms with E-state index in [1.165, 1.54) is 22.3 Å². The van der Waals surface area contributed by atoms with E-state index in [2.05, 4.69) is 39.7 Å². The van der Waals surface area contributed by atoms with Gasteiger partial charge in [-0.15, -0.1) is 21.5 Å². The highest BCUT2D eigenvalue weighted by atomic mass is 32.2. The minimum atomic E-state index is -0.0648. The molecule has 8 heteroatoms. The molecular weight excluding hydrogens is 426 g/mol. The van der Waals surface area contributed by atoms with Gasteiger partial charge in [-0.1, -0.05) is 48.2 Å². The summed E-state index contributed by atoms with van der Waals surface area (Å²) >= 11 is 3.05. The second-order valence-corrected chi connectivity index (χ2v) is 8.90. The summed E-state index contributed by atoms with van der Waals surface area (Å²) in [5.41, 5.74) is 4.83. The molecule has 0 unspecified atom stereocenters. The van der Waals surface area contributed by atoms with Crippen LogP contribution in [0.5, 0.6) is 0 Å². The Balaban J connectivity index is 1.43. The molecule has 6 nitrogen and oxygen atoms in total. The van der Waals surface area contributed by atoms with E-state index in [0.717, 1.165) is 27.7 Å². The molecule has 3 heterocycles. The number of rotatable bonds is 5. The summed E-state index contributed by atoms with van der Waals surface area (Å²) in [6, 6.07) is 19.9. The first kappa shape index (κ1) is 19.7. The summed E-state index contributed by atoms with van der Waals surface area (Å²) in [4.78, 5) is 18.6. The molecule has 0 saturated carbocycles. The third-order valence-corrected chi connectivity index (χ3v) is 6.82. The maximum absolute atomic E-state index is 12.3. The second-order valence-electron chi connectivity index (χ2n) is 7.12. The Morgan fingerprint density at radius 3 is 2.68 bits per heavy atom. The van der Waals surface area contributed by atoms with E-state index in [-0.39, 0.29) is 5.91 Å². The van der Waals surface area contributed by atoms with Crippen molar-refractivity contribution in [2.45, 2.75) is 24.8 Å². The zero-order valence-electron chi connectivity index (χ0n) is 17.0. The lowest BCUT2D eigenvalue weighted by molar-refractivity contribution is -0.115. The van der Waals surface area contributed by atoms with E-state index in [1.54, 1.807) is 23.6 Å². The number of hydrogen-bond acceptors (Lipinski definition) is 6. The number of anilines is 2. The Morgan fingerprint density at radius 2 is 1.87 bits per heavy atom. The topological polar surface area (TPSA) is 63.4 Å². The second kappa shape index (κ2) is 8.13. The van der Waals surface area contributed by atoms with Gasteiger partial charge in [-0.25, -0.2) is 4.98 Å². The largest absolute Gasteiger partial charge is 0.274 e. The quantitative estimate of drug-likeness (QED) is 0.328.